The SMILES string of the molecule is COCC(C)(C)NC(=O)C1(CN)CCC(C)CC1. The lowest BCUT2D eigenvalue weighted by Gasteiger charge is -2.39. The first-order chi connectivity index (χ1) is 8.35. The van der Waals surface area contributed by atoms with Gasteiger partial charge in [-0.25, -0.2) is 0 Å². The van der Waals surface area contributed by atoms with Gasteiger partial charge >= 0.3 is 0 Å². The number of nitrogens with one attached hydrogen (secondary N) is 1. The predicted molar refractivity (Wildman–Crippen MR) is 73.2 cm³/mol. The predicted octanol–water partition coefficient (Wildman–Crippen LogP) is 1.68. The smallest absolute Gasteiger partial charge is 0.227 e. The van der Waals surface area contributed by atoms with Crippen LogP contribution in [0.2, 0.25) is 0 Å². The van der Waals surface area contributed by atoms with Crippen LogP contribution in [0.25, 0.3) is 0 Å². The Morgan fingerprint density at radius 3 is 2.44 bits per heavy atom. The molecule has 0 heterocycles. The van der Waals surface area contributed by atoms with Crippen molar-refractivity contribution in [2.75, 3.05) is 20.3 Å². The summed E-state index contributed by atoms with van der Waals surface area (Å²) in [6, 6.07) is 0. The lowest BCUT2D eigenvalue weighted by atomic mass is 9.70. The average Bonchev–Trinajstić information content (AvgIpc) is 2.29. The second kappa shape index (κ2) is 6.02. The number of ether oxygens (including phenoxy) is 1. The molecule has 1 aliphatic carbocycles. The van der Waals surface area contributed by atoms with E-state index in [0.717, 1.165) is 25.7 Å². The van der Waals surface area contributed by atoms with Crippen molar-refractivity contribution < 1.29 is 9.53 Å². The van der Waals surface area contributed by atoms with E-state index in [0.29, 0.717) is 19.1 Å². The van der Waals surface area contributed by atoms with Crippen molar-refractivity contribution in [1.29, 1.82) is 0 Å². The summed E-state index contributed by atoms with van der Waals surface area (Å²) < 4.78 is 5.13. The maximum Gasteiger partial charge on any atom is 0.227 e. The molecule has 1 saturated carbocycles. The highest BCUT2D eigenvalue weighted by Crippen LogP contribution is 2.38. The fraction of sp³-hybridized carbons (Fsp3) is 0.929. The molecule has 0 bridgehead atoms. The van der Waals surface area contributed by atoms with Crippen LogP contribution in [0.4, 0.5) is 0 Å². The van der Waals surface area contributed by atoms with Gasteiger partial charge in [0.1, 0.15) is 0 Å². The molecule has 4 nitrogen and oxygen atoms in total. The largest absolute Gasteiger partial charge is 0.382 e. The molecule has 106 valence electrons. The van der Waals surface area contributed by atoms with E-state index in [-0.39, 0.29) is 16.9 Å². The van der Waals surface area contributed by atoms with Gasteiger partial charge in [0.15, 0.2) is 0 Å². The second-order valence-electron chi connectivity index (χ2n) is 6.44. The van der Waals surface area contributed by atoms with Gasteiger partial charge in [0.05, 0.1) is 17.6 Å². The van der Waals surface area contributed by atoms with Gasteiger partial charge in [-0.1, -0.05) is 6.92 Å². The first-order valence-corrected chi connectivity index (χ1v) is 6.87. The molecule has 0 aromatic carbocycles. The lowest BCUT2D eigenvalue weighted by Crippen LogP contribution is -2.55. The summed E-state index contributed by atoms with van der Waals surface area (Å²) in [5.41, 5.74) is 5.19. The van der Waals surface area contributed by atoms with Crippen molar-refractivity contribution in [3.05, 3.63) is 0 Å². The molecule has 0 atom stereocenters. The van der Waals surface area contributed by atoms with E-state index in [9.17, 15) is 4.79 Å². The quantitative estimate of drug-likeness (QED) is 0.786. The van der Waals surface area contributed by atoms with Crippen LogP contribution in [0.5, 0.6) is 0 Å². The van der Waals surface area contributed by atoms with Crippen LogP contribution in [0.3, 0.4) is 0 Å². The van der Waals surface area contributed by atoms with Crippen LogP contribution >= 0.6 is 0 Å². The van der Waals surface area contributed by atoms with Crippen molar-refractivity contribution in [2.24, 2.45) is 17.1 Å². The van der Waals surface area contributed by atoms with E-state index in [4.69, 9.17) is 10.5 Å². The zero-order chi connectivity index (χ0) is 13.8. The third kappa shape index (κ3) is 3.69. The average molecular weight is 256 g/mol. The molecule has 1 rings (SSSR count). The molecule has 1 aliphatic rings. The van der Waals surface area contributed by atoms with E-state index in [1.165, 1.54) is 0 Å². The van der Waals surface area contributed by atoms with Gasteiger partial charge in [-0.05, 0) is 45.4 Å². The van der Waals surface area contributed by atoms with Gasteiger partial charge in [-0.15, -0.1) is 0 Å². The third-order valence-electron chi connectivity index (χ3n) is 4.06. The molecular formula is C14H28N2O2. The minimum Gasteiger partial charge on any atom is -0.382 e. The maximum absolute atomic E-state index is 12.5. The Morgan fingerprint density at radius 2 is 2.00 bits per heavy atom. The first kappa shape index (κ1) is 15.4. The van der Waals surface area contributed by atoms with Crippen LogP contribution in [-0.4, -0.2) is 31.7 Å². The van der Waals surface area contributed by atoms with Gasteiger partial charge in [-0.2, -0.15) is 0 Å². The van der Waals surface area contributed by atoms with Crippen molar-refractivity contribution in [1.82, 2.24) is 5.32 Å². The monoisotopic (exact) mass is 256 g/mol. The topological polar surface area (TPSA) is 64.3 Å². The zero-order valence-electron chi connectivity index (χ0n) is 12.2. The molecule has 0 aromatic rings. The van der Waals surface area contributed by atoms with E-state index >= 15 is 0 Å². The molecule has 1 fully saturated rings. The van der Waals surface area contributed by atoms with Crippen LogP contribution in [0.15, 0.2) is 0 Å². The number of hydrogen-bond acceptors (Lipinski definition) is 3. The zero-order valence-corrected chi connectivity index (χ0v) is 12.2. The molecule has 0 radical (unpaired) electrons. The van der Waals surface area contributed by atoms with E-state index in [1.54, 1.807) is 7.11 Å². The van der Waals surface area contributed by atoms with E-state index in [1.807, 2.05) is 13.8 Å². The molecule has 18 heavy (non-hydrogen) atoms. The Labute approximate surface area is 111 Å². The molecule has 0 unspecified atom stereocenters. The Bertz CT molecular complexity index is 282. The Kier molecular flexibility index (Phi) is 5.17. The van der Waals surface area contributed by atoms with E-state index < -0.39 is 0 Å². The Morgan fingerprint density at radius 1 is 1.44 bits per heavy atom. The molecule has 0 spiro atoms. The van der Waals surface area contributed by atoms with Gasteiger partial charge in [-0.3, -0.25) is 4.79 Å². The lowest BCUT2D eigenvalue weighted by molar-refractivity contribution is -0.135. The molecule has 0 aliphatic heterocycles. The van der Waals surface area contributed by atoms with Crippen molar-refractivity contribution >= 4 is 5.91 Å². The van der Waals surface area contributed by atoms with Crippen molar-refractivity contribution in [3.63, 3.8) is 0 Å². The van der Waals surface area contributed by atoms with Crippen LogP contribution in [-0.2, 0) is 9.53 Å². The van der Waals surface area contributed by atoms with E-state index in [2.05, 4.69) is 12.2 Å². The Balaban J connectivity index is 2.68. The molecule has 0 aromatic heterocycles. The van der Waals surface area contributed by atoms with Crippen molar-refractivity contribution in [3.8, 4) is 0 Å². The highest BCUT2D eigenvalue weighted by molar-refractivity contribution is 5.83. The number of carbonyl (C=O) groups excluding carboxylic acids is 1. The number of nitrogens with two attached hydrogens (primary N) is 1. The van der Waals surface area contributed by atoms with Crippen molar-refractivity contribution in [2.45, 2.75) is 52.0 Å². The standard InChI is InChI=1S/C14H28N2O2/c1-11-5-7-14(9-15,8-6-11)12(17)16-13(2,3)10-18-4/h11H,5-10,15H2,1-4H3,(H,16,17). The Hall–Kier alpha value is -0.610. The fourth-order valence-corrected chi connectivity index (χ4v) is 2.68. The van der Waals surface area contributed by atoms with Crippen LogP contribution in [0, 0.1) is 11.3 Å². The van der Waals surface area contributed by atoms with Gasteiger partial charge in [0, 0.05) is 13.7 Å². The third-order valence-corrected chi connectivity index (χ3v) is 4.06. The molecule has 3 N–H and O–H groups in total. The summed E-state index contributed by atoms with van der Waals surface area (Å²) in [6.07, 6.45) is 3.99. The number of amides is 1. The molecular weight excluding hydrogens is 228 g/mol. The van der Waals surface area contributed by atoms with Crippen LogP contribution < -0.4 is 11.1 Å². The molecule has 1 amide bonds. The second-order valence-corrected chi connectivity index (χ2v) is 6.44. The van der Waals surface area contributed by atoms with Gasteiger partial charge in [0.2, 0.25) is 5.91 Å². The number of carbonyl (C=O) groups is 1. The minimum atomic E-state index is -0.364. The fourth-order valence-electron chi connectivity index (χ4n) is 2.68. The van der Waals surface area contributed by atoms with Crippen LogP contribution in [0.1, 0.15) is 46.5 Å². The number of methoxy groups -OCH3 is 1. The number of hydrogen-bond donors (Lipinski definition) is 2. The molecule has 0 saturated heterocycles. The minimum absolute atomic E-state index is 0.0963. The summed E-state index contributed by atoms with van der Waals surface area (Å²) in [7, 11) is 1.65. The number of rotatable bonds is 5. The first-order valence-electron chi connectivity index (χ1n) is 6.87. The summed E-state index contributed by atoms with van der Waals surface area (Å²) in [4.78, 5) is 12.5. The maximum atomic E-state index is 12.5. The highest BCUT2D eigenvalue weighted by Gasteiger charge is 2.41. The molecule has 4 heteroatoms. The summed E-state index contributed by atoms with van der Waals surface area (Å²) in [5, 5.41) is 3.09. The van der Waals surface area contributed by atoms with Gasteiger partial charge in [0.25, 0.3) is 0 Å². The van der Waals surface area contributed by atoms with Gasteiger partial charge < -0.3 is 15.8 Å². The summed E-state index contributed by atoms with van der Waals surface area (Å²) in [5.74, 6) is 0.809. The summed E-state index contributed by atoms with van der Waals surface area (Å²) in [6.45, 7) is 7.14. The normalized spacial score (nSPS) is 29.1. The summed E-state index contributed by atoms with van der Waals surface area (Å²) >= 11 is 0. The highest BCUT2D eigenvalue weighted by atomic mass is 16.5.